The topological polar surface area (TPSA) is 64.6 Å². The fourth-order valence-electron chi connectivity index (χ4n) is 1.89. The number of amides is 1. The van der Waals surface area contributed by atoms with Crippen molar-refractivity contribution in [1.82, 2.24) is 5.32 Å². The lowest BCUT2D eigenvalue weighted by atomic mass is 10.2. The van der Waals surface area contributed by atoms with E-state index in [1.54, 1.807) is 12.1 Å². The third kappa shape index (κ3) is 5.87. The molecule has 2 aromatic carbocycles. The summed E-state index contributed by atoms with van der Waals surface area (Å²) < 4.78 is 36.2. The van der Waals surface area contributed by atoms with Crippen molar-refractivity contribution in [3.63, 3.8) is 0 Å². The normalized spacial score (nSPS) is 11.5. The molecule has 1 amide bonds. The standard InChI is InChI=1S/C18H17F2NO4/c1-12(21-18(23)25-10-13-5-3-2-4-6-13)16(22)11-24-17-8-7-14(19)9-15(17)20/h2-9,12H,10-11H2,1H3,(H,21,23)/t12-/m0/s1. The predicted octanol–water partition coefficient (Wildman–Crippen LogP) is 3.23. The summed E-state index contributed by atoms with van der Waals surface area (Å²) in [5.74, 6) is -2.38. The van der Waals surface area contributed by atoms with Gasteiger partial charge in [-0.05, 0) is 24.6 Å². The van der Waals surface area contributed by atoms with Crippen LogP contribution in [0.3, 0.4) is 0 Å². The van der Waals surface area contributed by atoms with Crippen LogP contribution in [0, 0.1) is 11.6 Å². The van der Waals surface area contributed by atoms with Gasteiger partial charge < -0.3 is 14.8 Å². The largest absolute Gasteiger partial charge is 0.483 e. The Kier molecular flexibility index (Phi) is 6.45. The molecule has 0 radical (unpaired) electrons. The zero-order valence-electron chi connectivity index (χ0n) is 13.5. The van der Waals surface area contributed by atoms with Crippen LogP contribution in [0.2, 0.25) is 0 Å². The van der Waals surface area contributed by atoms with Crippen molar-refractivity contribution in [3.05, 3.63) is 65.7 Å². The number of alkyl carbamates (subject to hydrolysis) is 1. The summed E-state index contributed by atoms with van der Waals surface area (Å²) in [6.07, 6.45) is -0.752. The summed E-state index contributed by atoms with van der Waals surface area (Å²) >= 11 is 0. The van der Waals surface area contributed by atoms with Crippen LogP contribution in [-0.2, 0) is 16.1 Å². The number of hydrogen-bond acceptors (Lipinski definition) is 4. The van der Waals surface area contributed by atoms with Gasteiger partial charge in [-0.25, -0.2) is 13.6 Å². The van der Waals surface area contributed by atoms with Crippen molar-refractivity contribution in [2.45, 2.75) is 19.6 Å². The van der Waals surface area contributed by atoms with E-state index in [2.05, 4.69) is 5.32 Å². The minimum Gasteiger partial charge on any atom is -0.483 e. The summed E-state index contributed by atoms with van der Waals surface area (Å²) in [7, 11) is 0. The van der Waals surface area contributed by atoms with Gasteiger partial charge in [0.2, 0.25) is 0 Å². The number of hydrogen-bond donors (Lipinski definition) is 1. The van der Waals surface area contributed by atoms with E-state index in [9.17, 15) is 18.4 Å². The second-order valence-electron chi connectivity index (χ2n) is 5.26. The molecule has 1 atom stereocenters. The maximum absolute atomic E-state index is 13.4. The van der Waals surface area contributed by atoms with Gasteiger partial charge in [-0.15, -0.1) is 0 Å². The number of halogens is 2. The number of ketones is 1. The fourth-order valence-corrected chi connectivity index (χ4v) is 1.89. The number of carbonyl (C=O) groups excluding carboxylic acids is 2. The van der Waals surface area contributed by atoms with Gasteiger partial charge in [0.1, 0.15) is 19.0 Å². The van der Waals surface area contributed by atoms with E-state index in [0.29, 0.717) is 6.07 Å². The Morgan fingerprint density at radius 2 is 1.84 bits per heavy atom. The van der Waals surface area contributed by atoms with Crippen LogP contribution in [-0.4, -0.2) is 24.5 Å². The molecular formula is C18H17F2NO4. The first-order valence-electron chi connectivity index (χ1n) is 7.53. The first-order valence-corrected chi connectivity index (χ1v) is 7.53. The molecule has 0 saturated heterocycles. The molecule has 2 aromatic rings. The Balaban J connectivity index is 1.76. The predicted molar refractivity (Wildman–Crippen MR) is 86.1 cm³/mol. The number of rotatable bonds is 7. The number of benzene rings is 2. The average Bonchev–Trinajstić information content (AvgIpc) is 2.60. The Bertz CT molecular complexity index is 737. The molecule has 0 aliphatic rings. The summed E-state index contributed by atoms with van der Waals surface area (Å²) in [6.45, 7) is 1.06. The number of carbonyl (C=O) groups is 2. The van der Waals surface area contributed by atoms with E-state index in [1.807, 2.05) is 18.2 Å². The maximum Gasteiger partial charge on any atom is 0.408 e. The van der Waals surface area contributed by atoms with E-state index in [1.165, 1.54) is 6.92 Å². The molecule has 0 saturated carbocycles. The van der Waals surface area contributed by atoms with E-state index in [4.69, 9.17) is 9.47 Å². The highest BCUT2D eigenvalue weighted by Crippen LogP contribution is 2.17. The van der Waals surface area contributed by atoms with E-state index < -0.39 is 36.2 Å². The van der Waals surface area contributed by atoms with Crippen molar-refractivity contribution in [3.8, 4) is 5.75 Å². The van der Waals surface area contributed by atoms with E-state index >= 15 is 0 Å². The number of Topliss-reactive ketones (excluding diaryl/α,β-unsaturated/α-hetero) is 1. The van der Waals surface area contributed by atoms with Crippen molar-refractivity contribution >= 4 is 11.9 Å². The minimum atomic E-state index is -0.907. The molecule has 2 rings (SSSR count). The summed E-state index contributed by atoms with van der Waals surface area (Å²) in [6, 6.07) is 10.9. The molecule has 132 valence electrons. The Hall–Kier alpha value is -2.96. The molecule has 0 aromatic heterocycles. The molecule has 7 heteroatoms. The maximum atomic E-state index is 13.4. The molecule has 0 heterocycles. The third-order valence-corrected chi connectivity index (χ3v) is 3.29. The smallest absolute Gasteiger partial charge is 0.408 e. The monoisotopic (exact) mass is 349 g/mol. The highest BCUT2D eigenvalue weighted by Gasteiger charge is 2.18. The lowest BCUT2D eigenvalue weighted by Crippen LogP contribution is -2.41. The van der Waals surface area contributed by atoms with Gasteiger partial charge in [-0.2, -0.15) is 0 Å². The number of ether oxygens (including phenoxy) is 2. The van der Waals surface area contributed by atoms with E-state index in [0.717, 1.165) is 17.7 Å². The third-order valence-electron chi connectivity index (χ3n) is 3.29. The van der Waals surface area contributed by atoms with Gasteiger partial charge >= 0.3 is 6.09 Å². The Morgan fingerprint density at radius 1 is 1.12 bits per heavy atom. The molecule has 0 spiro atoms. The molecule has 0 fully saturated rings. The van der Waals surface area contributed by atoms with Gasteiger partial charge in [0, 0.05) is 6.07 Å². The fraction of sp³-hybridized carbons (Fsp3) is 0.222. The highest BCUT2D eigenvalue weighted by molar-refractivity contribution is 5.88. The molecule has 25 heavy (non-hydrogen) atoms. The van der Waals surface area contributed by atoms with Gasteiger partial charge in [0.25, 0.3) is 0 Å². The van der Waals surface area contributed by atoms with Gasteiger partial charge in [-0.1, -0.05) is 30.3 Å². The minimum absolute atomic E-state index is 0.0743. The molecule has 1 N–H and O–H groups in total. The molecule has 5 nitrogen and oxygen atoms in total. The molecule has 0 bridgehead atoms. The summed E-state index contributed by atoms with van der Waals surface area (Å²) in [5, 5.41) is 2.37. The van der Waals surface area contributed by atoms with Gasteiger partial charge in [0.05, 0.1) is 6.04 Å². The molecule has 0 unspecified atom stereocenters. The van der Waals surface area contributed by atoms with Crippen molar-refractivity contribution in [2.24, 2.45) is 0 Å². The molecule has 0 aliphatic heterocycles. The second kappa shape index (κ2) is 8.77. The molecular weight excluding hydrogens is 332 g/mol. The summed E-state index contributed by atoms with van der Waals surface area (Å²) in [4.78, 5) is 23.6. The Morgan fingerprint density at radius 3 is 2.52 bits per heavy atom. The average molecular weight is 349 g/mol. The van der Waals surface area contributed by atoms with Crippen LogP contribution in [0.25, 0.3) is 0 Å². The van der Waals surface area contributed by atoms with Crippen LogP contribution < -0.4 is 10.1 Å². The molecule has 0 aliphatic carbocycles. The van der Waals surface area contributed by atoms with Crippen molar-refractivity contribution in [2.75, 3.05) is 6.61 Å². The van der Waals surface area contributed by atoms with Crippen molar-refractivity contribution in [1.29, 1.82) is 0 Å². The van der Waals surface area contributed by atoms with Gasteiger partial charge in [0.15, 0.2) is 17.3 Å². The van der Waals surface area contributed by atoms with E-state index in [-0.39, 0.29) is 12.4 Å². The number of nitrogens with one attached hydrogen (secondary N) is 1. The zero-order valence-corrected chi connectivity index (χ0v) is 13.5. The summed E-state index contributed by atoms with van der Waals surface area (Å²) in [5.41, 5.74) is 0.812. The highest BCUT2D eigenvalue weighted by atomic mass is 19.1. The zero-order chi connectivity index (χ0) is 18.2. The lowest BCUT2D eigenvalue weighted by molar-refractivity contribution is -0.122. The van der Waals surface area contributed by atoms with Crippen LogP contribution in [0.1, 0.15) is 12.5 Å². The first kappa shape index (κ1) is 18.4. The van der Waals surface area contributed by atoms with Crippen LogP contribution >= 0.6 is 0 Å². The lowest BCUT2D eigenvalue weighted by Gasteiger charge is -2.14. The van der Waals surface area contributed by atoms with Gasteiger partial charge in [-0.3, -0.25) is 4.79 Å². The Labute approximate surface area is 143 Å². The van der Waals surface area contributed by atoms with Crippen LogP contribution in [0.15, 0.2) is 48.5 Å². The SMILES string of the molecule is C[C@H](NC(=O)OCc1ccccc1)C(=O)COc1ccc(F)cc1F. The van der Waals surface area contributed by atoms with Crippen molar-refractivity contribution < 1.29 is 27.8 Å². The van der Waals surface area contributed by atoms with Crippen LogP contribution in [0.4, 0.5) is 13.6 Å². The first-order chi connectivity index (χ1) is 12.0. The second-order valence-corrected chi connectivity index (χ2v) is 5.26. The quantitative estimate of drug-likeness (QED) is 0.834. The van der Waals surface area contributed by atoms with Crippen LogP contribution in [0.5, 0.6) is 5.75 Å².